The van der Waals surface area contributed by atoms with Crippen LogP contribution in [-0.2, 0) is 22.4 Å². The van der Waals surface area contributed by atoms with E-state index in [2.05, 4.69) is 10.6 Å². The fraction of sp³-hybridized carbons (Fsp3) is 0.310. The lowest BCUT2D eigenvalue weighted by Gasteiger charge is -2.16. The Labute approximate surface area is 276 Å². The number of aromatic carboxylic acids is 1. The van der Waals surface area contributed by atoms with Crippen molar-refractivity contribution < 1.29 is 29.0 Å². The van der Waals surface area contributed by atoms with Gasteiger partial charge < -0.3 is 20.5 Å². The highest BCUT2D eigenvalue weighted by Crippen LogP contribution is 2.42. The van der Waals surface area contributed by atoms with Crippen molar-refractivity contribution in [3.63, 3.8) is 0 Å². The van der Waals surface area contributed by atoms with E-state index in [-0.39, 0.29) is 27.6 Å². The molecule has 3 N–H and O–H groups in total. The lowest BCUT2D eigenvalue weighted by Crippen LogP contribution is -2.25. The number of amides is 2. The second-order valence-electron chi connectivity index (χ2n) is 9.43. The van der Waals surface area contributed by atoms with Crippen LogP contribution in [0, 0.1) is 0 Å². The van der Waals surface area contributed by atoms with Gasteiger partial charge in [0, 0.05) is 15.5 Å². The van der Waals surface area contributed by atoms with Gasteiger partial charge in [-0.05, 0) is 62.8 Å². The molecule has 0 saturated heterocycles. The maximum absolute atomic E-state index is 13.4. The minimum absolute atomic E-state index is 0.235. The average molecular weight is 704 g/mol. The molecular formula is C29H26Cl4N2O6S2. The van der Waals surface area contributed by atoms with E-state index in [0.717, 1.165) is 36.1 Å². The zero-order chi connectivity index (χ0) is 31.4. The molecule has 1 unspecified atom stereocenters. The molecule has 1 aliphatic rings. The summed E-state index contributed by atoms with van der Waals surface area (Å²) in [4.78, 5) is 53.0. The topological polar surface area (TPSA) is 122 Å². The van der Waals surface area contributed by atoms with E-state index in [1.807, 2.05) is 6.92 Å². The molecule has 1 heterocycles. The van der Waals surface area contributed by atoms with Gasteiger partial charge in [-0.2, -0.15) is 0 Å². The van der Waals surface area contributed by atoms with Crippen molar-refractivity contribution in [3.05, 3.63) is 71.5 Å². The van der Waals surface area contributed by atoms with Crippen molar-refractivity contribution in [2.75, 3.05) is 17.2 Å². The summed E-state index contributed by atoms with van der Waals surface area (Å²) < 4.78 is 5.30. The quantitative estimate of drug-likeness (QED) is 0.0834. The van der Waals surface area contributed by atoms with Crippen molar-refractivity contribution in [1.29, 1.82) is 0 Å². The number of hydrogen-bond acceptors (Lipinski definition) is 7. The Kier molecular flexibility index (Phi) is 11.3. The van der Waals surface area contributed by atoms with Crippen molar-refractivity contribution in [1.82, 2.24) is 0 Å². The Morgan fingerprint density at radius 1 is 0.953 bits per heavy atom. The predicted molar refractivity (Wildman–Crippen MR) is 173 cm³/mol. The first-order valence-electron chi connectivity index (χ1n) is 13.3. The van der Waals surface area contributed by atoms with E-state index >= 15 is 0 Å². The molecule has 0 saturated carbocycles. The van der Waals surface area contributed by atoms with Gasteiger partial charge in [0.1, 0.15) is 5.00 Å². The number of carbonyl (C=O) groups excluding carboxylic acids is 3. The zero-order valence-electron chi connectivity index (χ0n) is 22.9. The van der Waals surface area contributed by atoms with Crippen LogP contribution in [0.25, 0.3) is 0 Å². The minimum Gasteiger partial charge on any atom is -0.478 e. The van der Waals surface area contributed by atoms with E-state index in [0.29, 0.717) is 27.6 Å². The number of thiophene rings is 1. The van der Waals surface area contributed by atoms with Gasteiger partial charge in [-0.1, -0.05) is 59.4 Å². The molecule has 0 aliphatic heterocycles. The monoisotopic (exact) mass is 702 g/mol. The third-order valence-corrected chi connectivity index (χ3v) is 11.0. The molecule has 2 aromatic carbocycles. The molecule has 1 aliphatic carbocycles. The van der Waals surface area contributed by atoms with E-state index in [9.17, 15) is 24.3 Å². The Morgan fingerprint density at radius 3 is 2.28 bits per heavy atom. The number of fused-ring (bicyclic) bond motifs is 1. The van der Waals surface area contributed by atoms with Crippen molar-refractivity contribution in [2.45, 2.75) is 56.1 Å². The first-order chi connectivity index (χ1) is 20.5. The number of halogens is 4. The van der Waals surface area contributed by atoms with E-state index in [4.69, 9.17) is 51.1 Å². The predicted octanol–water partition coefficient (Wildman–Crippen LogP) is 8.88. The number of carboxylic acid groups (broad SMARTS) is 1. The van der Waals surface area contributed by atoms with E-state index in [1.54, 1.807) is 31.2 Å². The van der Waals surface area contributed by atoms with Crippen LogP contribution in [0.4, 0.5) is 10.7 Å². The molecule has 43 heavy (non-hydrogen) atoms. The number of anilines is 2. The van der Waals surface area contributed by atoms with Crippen molar-refractivity contribution in [2.24, 2.45) is 0 Å². The smallest absolute Gasteiger partial charge is 0.341 e. The van der Waals surface area contributed by atoms with Crippen LogP contribution >= 0.6 is 69.5 Å². The number of aryl methyl sites for hydroxylation is 1. The highest BCUT2D eigenvalue weighted by molar-refractivity contribution is 8.00. The maximum Gasteiger partial charge on any atom is 0.341 e. The molecule has 0 bridgehead atoms. The summed E-state index contributed by atoms with van der Waals surface area (Å²) in [5.41, 5.74) is 0.706. The summed E-state index contributed by atoms with van der Waals surface area (Å²) in [6.07, 6.45) is 4.12. The molecule has 1 atom stereocenters. The third kappa shape index (κ3) is 7.27. The SMILES string of the molecule is CCOC(=O)c1c(NC(=O)C(CC)Sc2cccc(NC(=O)c3c(Cl)c(Cl)c(Cl)c(Cl)c3C(=O)O)c2)sc2c1CCCC2. The van der Waals surface area contributed by atoms with E-state index in [1.165, 1.54) is 23.1 Å². The Bertz CT molecular complexity index is 1610. The van der Waals surface area contributed by atoms with Gasteiger partial charge in [0.25, 0.3) is 5.91 Å². The number of hydrogen-bond donors (Lipinski definition) is 3. The Balaban J connectivity index is 1.54. The largest absolute Gasteiger partial charge is 0.478 e. The molecule has 4 rings (SSSR count). The molecule has 228 valence electrons. The Morgan fingerprint density at radius 2 is 1.63 bits per heavy atom. The van der Waals surface area contributed by atoms with E-state index < -0.39 is 39.2 Å². The molecule has 1 aromatic heterocycles. The van der Waals surface area contributed by atoms with Crippen LogP contribution in [0.15, 0.2) is 29.2 Å². The second kappa shape index (κ2) is 14.5. The number of carboxylic acids is 1. The zero-order valence-corrected chi connectivity index (χ0v) is 27.6. The standard InChI is InChI=1S/C29H26Cl4N2O6S2/c1-3-16(25(36)35-27-18(29(40)41-4-2)15-10-5-6-11-17(15)43-27)42-14-9-7-8-13(12-14)34-26(37)19-20(28(38)39)22(31)24(33)23(32)21(19)30/h7-9,12,16H,3-6,10-11H2,1-2H3,(H,34,37)(H,35,36)(H,38,39). The average Bonchev–Trinajstić information content (AvgIpc) is 3.34. The first kappa shape index (κ1) is 33.4. The lowest BCUT2D eigenvalue weighted by atomic mass is 9.95. The number of benzene rings is 2. The van der Waals surface area contributed by atoms with Gasteiger partial charge in [0.15, 0.2) is 0 Å². The van der Waals surface area contributed by atoms with Gasteiger partial charge in [0.2, 0.25) is 5.91 Å². The summed E-state index contributed by atoms with van der Waals surface area (Å²) in [5, 5.41) is 13.9. The summed E-state index contributed by atoms with van der Waals surface area (Å²) >= 11 is 27.1. The highest BCUT2D eigenvalue weighted by atomic mass is 35.5. The van der Waals surface area contributed by atoms with Crippen LogP contribution in [-0.4, -0.2) is 40.7 Å². The molecular weight excluding hydrogens is 678 g/mol. The number of nitrogens with one attached hydrogen (secondary N) is 2. The first-order valence-corrected chi connectivity index (χ1v) is 16.5. The second-order valence-corrected chi connectivity index (χ2v) is 13.3. The van der Waals surface area contributed by atoms with Gasteiger partial charge in [-0.15, -0.1) is 23.1 Å². The summed E-state index contributed by atoms with van der Waals surface area (Å²) in [6.45, 7) is 3.85. The number of carbonyl (C=O) groups is 4. The van der Waals surface area contributed by atoms with Gasteiger partial charge >= 0.3 is 11.9 Å². The number of rotatable bonds is 10. The normalized spacial score (nSPS) is 13.2. The number of thioether (sulfide) groups is 1. The van der Waals surface area contributed by atoms with Gasteiger partial charge in [-0.25, -0.2) is 9.59 Å². The van der Waals surface area contributed by atoms with Crippen molar-refractivity contribution >= 4 is 104 Å². The van der Waals surface area contributed by atoms with Crippen LogP contribution in [0.3, 0.4) is 0 Å². The van der Waals surface area contributed by atoms with Crippen molar-refractivity contribution in [3.8, 4) is 0 Å². The van der Waals surface area contributed by atoms with Crippen LogP contribution in [0.2, 0.25) is 20.1 Å². The molecule has 3 aromatic rings. The molecule has 0 fully saturated rings. The summed E-state index contributed by atoms with van der Waals surface area (Å²) in [6, 6.07) is 6.68. The highest BCUT2D eigenvalue weighted by Gasteiger charge is 2.30. The van der Waals surface area contributed by atoms with Crippen LogP contribution in [0.5, 0.6) is 0 Å². The fourth-order valence-corrected chi connectivity index (χ4v) is 7.95. The van der Waals surface area contributed by atoms with Gasteiger partial charge in [0.05, 0.1) is 48.6 Å². The summed E-state index contributed by atoms with van der Waals surface area (Å²) in [5.74, 6) is -3.07. The number of ether oxygens (including phenoxy) is 1. The third-order valence-electron chi connectivity index (χ3n) is 6.63. The van der Waals surface area contributed by atoms with Crippen LogP contribution < -0.4 is 10.6 Å². The number of esters is 1. The van der Waals surface area contributed by atoms with Gasteiger partial charge in [-0.3, -0.25) is 9.59 Å². The fourth-order valence-electron chi connectivity index (χ4n) is 4.64. The molecule has 14 heteroatoms. The molecule has 2 amide bonds. The summed E-state index contributed by atoms with van der Waals surface area (Å²) in [7, 11) is 0. The molecule has 0 spiro atoms. The molecule has 8 nitrogen and oxygen atoms in total. The molecule has 0 radical (unpaired) electrons. The lowest BCUT2D eigenvalue weighted by molar-refractivity contribution is -0.115. The minimum atomic E-state index is -1.51. The Hall–Kier alpha value is -2.47. The maximum atomic E-state index is 13.4. The van der Waals surface area contributed by atoms with Crippen LogP contribution in [0.1, 0.15) is 74.6 Å².